The Morgan fingerprint density at radius 2 is 0.955 bits per heavy atom. The molecule has 0 atom stereocenters. The topological polar surface area (TPSA) is 60.7 Å². The van der Waals surface area contributed by atoms with E-state index < -0.39 is 0 Å². The van der Waals surface area contributed by atoms with Crippen LogP contribution in [0.25, 0.3) is 22.3 Å². The van der Waals surface area contributed by atoms with Gasteiger partial charge in [0.2, 0.25) is 0 Å². The molecule has 3 nitrogen and oxygen atoms in total. The first kappa shape index (κ1) is 14.2. The van der Waals surface area contributed by atoms with E-state index in [4.69, 9.17) is 0 Å². The standard InChI is InChI=1S/C19H16O3/c20-12-13-9-16(14-1-5-18(21)6-2-14)11-17(10-13)15-3-7-19(22)8-4-15/h1-11,20-22H,12H2. The predicted molar refractivity (Wildman–Crippen MR) is 86.6 cm³/mol. The Labute approximate surface area is 128 Å². The van der Waals surface area contributed by atoms with Crippen LogP contribution in [0.1, 0.15) is 5.56 Å². The summed E-state index contributed by atoms with van der Waals surface area (Å²) in [5, 5.41) is 28.3. The molecule has 22 heavy (non-hydrogen) atoms. The minimum absolute atomic E-state index is 0.0446. The Kier molecular flexibility index (Phi) is 3.81. The van der Waals surface area contributed by atoms with E-state index in [0.29, 0.717) is 0 Å². The normalized spacial score (nSPS) is 10.6. The molecule has 110 valence electrons. The van der Waals surface area contributed by atoms with Crippen LogP contribution in [0.15, 0.2) is 66.7 Å². The number of aliphatic hydroxyl groups excluding tert-OH is 1. The minimum atomic E-state index is -0.0446. The van der Waals surface area contributed by atoms with Gasteiger partial charge >= 0.3 is 0 Å². The summed E-state index contributed by atoms with van der Waals surface area (Å²) in [5.41, 5.74) is 4.68. The summed E-state index contributed by atoms with van der Waals surface area (Å²) < 4.78 is 0. The third kappa shape index (κ3) is 2.95. The molecule has 0 aliphatic heterocycles. The molecule has 0 aromatic heterocycles. The minimum Gasteiger partial charge on any atom is -0.508 e. The molecule has 3 heteroatoms. The van der Waals surface area contributed by atoms with Gasteiger partial charge in [-0.25, -0.2) is 0 Å². The van der Waals surface area contributed by atoms with Gasteiger partial charge in [-0.05, 0) is 70.3 Å². The predicted octanol–water partition coefficient (Wildman–Crippen LogP) is 3.92. The van der Waals surface area contributed by atoms with Gasteiger partial charge in [-0.1, -0.05) is 24.3 Å². The zero-order valence-electron chi connectivity index (χ0n) is 11.9. The van der Waals surface area contributed by atoms with Crippen molar-refractivity contribution in [2.24, 2.45) is 0 Å². The monoisotopic (exact) mass is 292 g/mol. The Hall–Kier alpha value is -2.78. The lowest BCUT2D eigenvalue weighted by Gasteiger charge is -2.10. The molecule has 0 saturated heterocycles. The van der Waals surface area contributed by atoms with Crippen LogP contribution in [0.2, 0.25) is 0 Å². The Morgan fingerprint density at radius 3 is 1.32 bits per heavy atom. The number of phenolic OH excluding ortho intramolecular Hbond substituents is 2. The number of benzene rings is 3. The van der Waals surface area contributed by atoms with Gasteiger partial charge < -0.3 is 15.3 Å². The van der Waals surface area contributed by atoms with Gasteiger partial charge in [0.25, 0.3) is 0 Å². The van der Waals surface area contributed by atoms with Crippen LogP contribution < -0.4 is 0 Å². The van der Waals surface area contributed by atoms with Crippen molar-refractivity contribution in [3.63, 3.8) is 0 Å². The fourth-order valence-corrected chi connectivity index (χ4v) is 2.42. The second-order valence-corrected chi connectivity index (χ2v) is 5.17. The zero-order valence-corrected chi connectivity index (χ0v) is 11.9. The summed E-state index contributed by atoms with van der Waals surface area (Å²) in [4.78, 5) is 0. The number of hydrogen-bond donors (Lipinski definition) is 3. The van der Waals surface area contributed by atoms with Crippen molar-refractivity contribution in [2.75, 3.05) is 0 Å². The summed E-state index contributed by atoms with van der Waals surface area (Å²) in [5.74, 6) is 0.446. The quantitative estimate of drug-likeness (QED) is 0.685. The van der Waals surface area contributed by atoms with Gasteiger partial charge in [0.1, 0.15) is 11.5 Å². The molecule has 3 aromatic rings. The fraction of sp³-hybridized carbons (Fsp3) is 0.0526. The Bertz CT molecular complexity index is 711. The average Bonchev–Trinajstić information content (AvgIpc) is 2.55. The van der Waals surface area contributed by atoms with Crippen molar-refractivity contribution in [3.8, 4) is 33.8 Å². The first-order valence-electron chi connectivity index (χ1n) is 6.99. The van der Waals surface area contributed by atoms with Crippen LogP contribution in [0, 0.1) is 0 Å². The summed E-state index contributed by atoms with van der Waals surface area (Å²) >= 11 is 0. The number of phenols is 2. The van der Waals surface area contributed by atoms with Crippen molar-refractivity contribution in [1.29, 1.82) is 0 Å². The third-order valence-electron chi connectivity index (χ3n) is 3.58. The average molecular weight is 292 g/mol. The van der Waals surface area contributed by atoms with Gasteiger partial charge in [0, 0.05) is 0 Å². The Morgan fingerprint density at radius 1 is 0.545 bits per heavy atom. The summed E-state index contributed by atoms with van der Waals surface area (Å²) in [6, 6.07) is 19.8. The van der Waals surface area contributed by atoms with Crippen molar-refractivity contribution >= 4 is 0 Å². The third-order valence-corrected chi connectivity index (χ3v) is 3.58. The molecule has 0 bridgehead atoms. The van der Waals surface area contributed by atoms with Crippen molar-refractivity contribution in [1.82, 2.24) is 0 Å². The largest absolute Gasteiger partial charge is 0.508 e. The smallest absolute Gasteiger partial charge is 0.115 e. The molecule has 0 saturated carbocycles. The van der Waals surface area contributed by atoms with E-state index in [0.717, 1.165) is 27.8 Å². The molecule has 0 aliphatic rings. The molecule has 3 aromatic carbocycles. The van der Waals surface area contributed by atoms with Gasteiger partial charge in [0.05, 0.1) is 6.61 Å². The van der Waals surface area contributed by atoms with E-state index in [2.05, 4.69) is 0 Å². The van der Waals surface area contributed by atoms with E-state index in [-0.39, 0.29) is 18.1 Å². The SMILES string of the molecule is OCc1cc(-c2ccc(O)cc2)cc(-c2ccc(O)cc2)c1. The van der Waals surface area contributed by atoms with Crippen LogP contribution in [-0.4, -0.2) is 15.3 Å². The first-order valence-corrected chi connectivity index (χ1v) is 6.99. The molecule has 0 fully saturated rings. The van der Waals surface area contributed by atoms with Crippen LogP contribution in [0.5, 0.6) is 11.5 Å². The lowest BCUT2D eigenvalue weighted by atomic mass is 9.96. The molecule has 3 N–H and O–H groups in total. The molecule has 0 amide bonds. The molecular weight excluding hydrogens is 276 g/mol. The highest BCUT2D eigenvalue weighted by atomic mass is 16.3. The maximum Gasteiger partial charge on any atom is 0.115 e. The number of aliphatic hydroxyl groups is 1. The molecule has 0 spiro atoms. The number of rotatable bonds is 3. The summed E-state index contributed by atoms with van der Waals surface area (Å²) in [6.07, 6.45) is 0. The van der Waals surface area contributed by atoms with E-state index in [1.165, 1.54) is 0 Å². The first-order chi connectivity index (χ1) is 10.7. The fourth-order valence-electron chi connectivity index (χ4n) is 2.42. The number of aromatic hydroxyl groups is 2. The summed E-state index contributed by atoms with van der Waals surface area (Å²) in [7, 11) is 0. The molecule has 0 unspecified atom stereocenters. The second-order valence-electron chi connectivity index (χ2n) is 5.17. The highest BCUT2D eigenvalue weighted by molar-refractivity contribution is 5.74. The zero-order chi connectivity index (χ0) is 15.5. The molecule has 0 radical (unpaired) electrons. The van der Waals surface area contributed by atoms with Gasteiger partial charge in [-0.15, -0.1) is 0 Å². The lowest BCUT2D eigenvalue weighted by Crippen LogP contribution is -1.88. The maximum absolute atomic E-state index is 9.49. The van der Waals surface area contributed by atoms with Crippen LogP contribution in [-0.2, 0) is 6.61 Å². The molecule has 0 heterocycles. The molecule has 3 rings (SSSR count). The van der Waals surface area contributed by atoms with E-state index >= 15 is 0 Å². The van der Waals surface area contributed by atoms with Gasteiger partial charge in [0.15, 0.2) is 0 Å². The maximum atomic E-state index is 9.49. The van der Waals surface area contributed by atoms with Crippen LogP contribution in [0.4, 0.5) is 0 Å². The van der Waals surface area contributed by atoms with Crippen molar-refractivity contribution in [2.45, 2.75) is 6.61 Å². The molecule has 0 aliphatic carbocycles. The summed E-state index contributed by atoms with van der Waals surface area (Å²) in [6.45, 7) is -0.0446. The lowest BCUT2D eigenvalue weighted by molar-refractivity contribution is 0.282. The van der Waals surface area contributed by atoms with E-state index in [9.17, 15) is 15.3 Å². The van der Waals surface area contributed by atoms with E-state index in [1.54, 1.807) is 24.3 Å². The van der Waals surface area contributed by atoms with Crippen molar-refractivity contribution < 1.29 is 15.3 Å². The van der Waals surface area contributed by atoms with Gasteiger partial charge in [-0.2, -0.15) is 0 Å². The van der Waals surface area contributed by atoms with Crippen LogP contribution in [0.3, 0.4) is 0 Å². The van der Waals surface area contributed by atoms with E-state index in [1.807, 2.05) is 42.5 Å². The number of hydrogen-bond acceptors (Lipinski definition) is 3. The Balaban J connectivity index is 2.10. The highest BCUT2D eigenvalue weighted by Crippen LogP contribution is 2.30. The second kappa shape index (κ2) is 5.92. The molecular formula is C19H16O3. The van der Waals surface area contributed by atoms with Crippen molar-refractivity contribution in [3.05, 3.63) is 72.3 Å². The van der Waals surface area contributed by atoms with Crippen LogP contribution >= 0.6 is 0 Å². The highest BCUT2D eigenvalue weighted by Gasteiger charge is 2.06. The van der Waals surface area contributed by atoms with Gasteiger partial charge in [-0.3, -0.25) is 0 Å².